The first-order chi connectivity index (χ1) is 7.45. The van der Waals surface area contributed by atoms with Gasteiger partial charge in [-0.15, -0.1) is 0 Å². The fourth-order valence-electron chi connectivity index (χ4n) is 1.17. The molecule has 0 amide bonds. The van der Waals surface area contributed by atoms with Gasteiger partial charge in [0.1, 0.15) is 5.25 Å². The summed E-state index contributed by atoms with van der Waals surface area (Å²) < 4.78 is 4.65. The summed E-state index contributed by atoms with van der Waals surface area (Å²) in [4.78, 5) is 19.9. The molecular formula is C11H16N2O2S. The van der Waals surface area contributed by atoms with E-state index in [0.29, 0.717) is 5.16 Å². The molecule has 0 aliphatic rings. The maximum atomic E-state index is 11.3. The Balaban J connectivity index is 2.86. The Morgan fingerprint density at radius 1 is 1.25 bits per heavy atom. The number of aromatic nitrogens is 2. The first-order valence-electron chi connectivity index (χ1n) is 5.02. The van der Waals surface area contributed by atoms with Gasteiger partial charge in [0.05, 0.1) is 7.11 Å². The Bertz CT molecular complexity index is 384. The van der Waals surface area contributed by atoms with Crippen LogP contribution in [0.2, 0.25) is 0 Å². The highest BCUT2D eigenvalue weighted by Crippen LogP contribution is 2.22. The van der Waals surface area contributed by atoms with E-state index in [0.717, 1.165) is 17.0 Å². The van der Waals surface area contributed by atoms with Gasteiger partial charge in [-0.05, 0) is 33.3 Å². The predicted octanol–water partition coefficient (Wildman–Crippen LogP) is 2.06. The van der Waals surface area contributed by atoms with Crippen molar-refractivity contribution in [2.75, 3.05) is 7.11 Å². The molecule has 1 unspecified atom stereocenters. The summed E-state index contributed by atoms with van der Waals surface area (Å²) in [7, 11) is 1.38. The molecule has 1 rings (SSSR count). The van der Waals surface area contributed by atoms with Crippen LogP contribution in [0, 0.1) is 20.8 Å². The zero-order valence-corrected chi connectivity index (χ0v) is 11.0. The van der Waals surface area contributed by atoms with Crippen molar-refractivity contribution < 1.29 is 9.53 Å². The summed E-state index contributed by atoms with van der Waals surface area (Å²) in [5.41, 5.74) is 2.99. The lowest BCUT2D eigenvalue weighted by atomic mass is 10.2. The van der Waals surface area contributed by atoms with Crippen LogP contribution >= 0.6 is 11.8 Å². The third kappa shape index (κ3) is 2.95. The lowest BCUT2D eigenvalue weighted by Crippen LogP contribution is -2.15. The summed E-state index contributed by atoms with van der Waals surface area (Å²) in [6.07, 6.45) is 0. The molecule has 1 aromatic heterocycles. The van der Waals surface area contributed by atoms with Crippen molar-refractivity contribution in [3.05, 3.63) is 17.0 Å². The average Bonchev–Trinajstić information content (AvgIpc) is 2.24. The fraction of sp³-hybridized carbons (Fsp3) is 0.545. The molecule has 0 bridgehead atoms. The highest BCUT2D eigenvalue weighted by molar-refractivity contribution is 8.00. The van der Waals surface area contributed by atoms with Crippen LogP contribution in [0.3, 0.4) is 0 Å². The van der Waals surface area contributed by atoms with Crippen molar-refractivity contribution in [3.8, 4) is 0 Å². The van der Waals surface area contributed by atoms with E-state index < -0.39 is 0 Å². The van der Waals surface area contributed by atoms with E-state index in [1.807, 2.05) is 20.8 Å². The molecule has 0 fully saturated rings. The minimum absolute atomic E-state index is 0.260. The van der Waals surface area contributed by atoms with Crippen LogP contribution < -0.4 is 0 Å². The Kier molecular flexibility index (Phi) is 4.29. The molecule has 1 atom stereocenters. The van der Waals surface area contributed by atoms with Crippen molar-refractivity contribution in [2.45, 2.75) is 38.1 Å². The number of aryl methyl sites for hydroxylation is 2. The molecule has 16 heavy (non-hydrogen) atoms. The van der Waals surface area contributed by atoms with E-state index in [2.05, 4.69) is 14.7 Å². The number of hydrogen-bond acceptors (Lipinski definition) is 5. The van der Waals surface area contributed by atoms with Crippen LogP contribution in [0.15, 0.2) is 5.16 Å². The zero-order chi connectivity index (χ0) is 12.3. The van der Waals surface area contributed by atoms with E-state index in [1.165, 1.54) is 18.9 Å². The first-order valence-corrected chi connectivity index (χ1v) is 5.90. The van der Waals surface area contributed by atoms with E-state index >= 15 is 0 Å². The molecule has 0 spiro atoms. The molecule has 0 aromatic carbocycles. The maximum Gasteiger partial charge on any atom is 0.318 e. The number of hydrogen-bond donors (Lipinski definition) is 0. The number of carbonyl (C=O) groups is 1. The van der Waals surface area contributed by atoms with Crippen LogP contribution in [-0.2, 0) is 9.53 Å². The number of nitrogens with zero attached hydrogens (tertiary/aromatic N) is 2. The molecule has 88 valence electrons. The molecule has 5 heteroatoms. The van der Waals surface area contributed by atoms with Gasteiger partial charge in [0, 0.05) is 11.4 Å². The molecule has 0 aliphatic heterocycles. The monoisotopic (exact) mass is 240 g/mol. The van der Waals surface area contributed by atoms with Crippen LogP contribution in [0.1, 0.15) is 23.9 Å². The van der Waals surface area contributed by atoms with Gasteiger partial charge in [-0.3, -0.25) is 4.79 Å². The van der Waals surface area contributed by atoms with Crippen molar-refractivity contribution in [1.82, 2.24) is 9.97 Å². The molecule has 0 saturated carbocycles. The Labute approximate surface area is 99.8 Å². The normalized spacial score (nSPS) is 12.3. The number of methoxy groups -OCH3 is 1. The predicted molar refractivity (Wildman–Crippen MR) is 63.6 cm³/mol. The minimum Gasteiger partial charge on any atom is -0.468 e. The highest BCUT2D eigenvalue weighted by Gasteiger charge is 2.17. The number of thioether (sulfide) groups is 1. The SMILES string of the molecule is COC(=O)C(C)Sc1nc(C)c(C)c(C)n1. The van der Waals surface area contributed by atoms with Gasteiger partial charge in [0.2, 0.25) is 0 Å². The largest absolute Gasteiger partial charge is 0.468 e. The molecule has 0 aliphatic carbocycles. The number of ether oxygens (including phenoxy) is 1. The third-order valence-electron chi connectivity index (χ3n) is 2.43. The Hall–Kier alpha value is -1.10. The Morgan fingerprint density at radius 3 is 2.19 bits per heavy atom. The van der Waals surface area contributed by atoms with E-state index in [1.54, 1.807) is 6.92 Å². The number of carbonyl (C=O) groups excluding carboxylic acids is 1. The van der Waals surface area contributed by atoms with Crippen LogP contribution in [0.5, 0.6) is 0 Å². The van der Waals surface area contributed by atoms with Gasteiger partial charge in [0.25, 0.3) is 0 Å². The van der Waals surface area contributed by atoms with Crippen molar-refractivity contribution in [3.63, 3.8) is 0 Å². The lowest BCUT2D eigenvalue weighted by molar-refractivity contribution is -0.139. The quantitative estimate of drug-likeness (QED) is 0.460. The summed E-state index contributed by atoms with van der Waals surface area (Å²) in [6, 6.07) is 0. The Morgan fingerprint density at radius 2 is 1.75 bits per heavy atom. The summed E-state index contributed by atoms with van der Waals surface area (Å²) in [6.45, 7) is 7.65. The number of esters is 1. The number of rotatable bonds is 3. The average molecular weight is 240 g/mol. The zero-order valence-electron chi connectivity index (χ0n) is 10.2. The smallest absolute Gasteiger partial charge is 0.318 e. The van der Waals surface area contributed by atoms with Crippen molar-refractivity contribution in [1.29, 1.82) is 0 Å². The van der Waals surface area contributed by atoms with Crippen LogP contribution in [-0.4, -0.2) is 28.3 Å². The van der Waals surface area contributed by atoms with Gasteiger partial charge in [0.15, 0.2) is 5.16 Å². The van der Waals surface area contributed by atoms with E-state index in [9.17, 15) is 4.79 Å². The van der Waals surface area contributed by atoms with Crippen molar-refractivity contribution >= 4 is 17.7 Å². The molecule has 1 aromatic rings. The topological polar surface area (TPSA) is 52.1 Å². The van der Waals surface area contributed by atoms with Gasteiger partial charge >= 0.3 is 5.97 Å². The molecule has 1 heterocycles. The summed E-state index contributed by atoms with van der Waals surface area (Å²) >= 11 is 1.32. The maximum absolute atomic E-state index is 11.3. The second kappa shape index (κ2) is 5.30. The minimum atomic E-state index is -0.286. The van der Waals surface area contributed by atoms with Gasteiger partial charge in [-0.1, -0.05) is 11.8 Å². The van der Waals surface area contributed by atoms with Gasteiger partial charge in [-0.25, -0.2) is 9.97 Å². The van der Waals surface area contributed by atoms with Gasteiger partial charge < -0.3 is 4.74 Å². The molecule has 0 N–H and O–H groups in total. The molecular weight excluding hydrogens is 224 g/mol. The summed E-state index contributed by atoms with van der Waals surface area (Å²) in [5, 5.41) is 0.338. The van der Waals surface area contributed by atoms with Crippen LogP contribution in [0.25, 0.3) is 0 Å². The second-order valence-electron chi connectivity index (χ2n) is 3.59. The molecule has 4 nitrogen and oxygen atoms in total. The van der Waals surface area contributed by atoms with Crippen LogP contribution in [0.4, 0.5) is 0 Å². The standard InChI is InChI=1S/C11H16N2O2S/c1-6-7(2)12-11(13-8(6)3)16-9(4)10(14)15-5/h9H,1-5H3. The summed E-state index contributed by atoms with van der Waals surface area (Å²) in [5.74, 6) is -0.260. The van der Waals surface area contributed by atoms with E-state index in [4.69, 9.17) is 0 Å². The van der Waals surface area contributed by atoms with Gasteiger partial charge in [-0.2, -0.15) is 0 Å². The second-order valence-corrected chi connectivity index (χ2v) is 4.89. The molecule has 0 saturated heterocycles. The first kappa shape index (κ1) is 13.0. The highest BCUT2D eigenvalue weighted by atomic mass is 32.2. The third-order valence-corrected chi connectivity index (χ3v) is 3.37. The molecule has 0 radical (unpaired) electrons. The van der Waals surface area contributed by atoms with Crippen molar-refractivity contribution in [2.24, 2.45) is 0 Å². The lowest BCUT2D eigenvalue weighted by Gasteiger charge is -2.10. The van der Waals surface area contributed by atoms with E-state index in [-0.39, 0.29) is 11.2 Å². The fourth-order valence-corrected chi connectivity index (χ4v) is 2.05.